The molecule has 0 heteroatoms. The van der Waals surface area contributed by atoms with E-state index in [-0.39, 0.29) is 0 Å². The molecule has 0 aromatic heterocycles. The van der Waals surface area contributed by atoms with Crippen LogP contribution in [0.15, 0.2) is 60.7 Å². The van der Waals surface area contributed by atoms with Crippen molar-refractivity contribution in [2.24, 2.45) is 5.92 Å². The van der Waals surface area contributed by atoms with Crippen molar-refractivity contribution in [1.29, 1.82) is 0 Å². The van der Waals surface area contributed by atoms with Gasteiger partial charge in [-0.15, -0.1) is 0 Å². The molecule has 0 N–H and O–H groups in total. The Kier molecular flexibility index (Phi) is 4.78. The lowest BCUT2D eigenvalue weighted by molar-refractivity contribution is 0.796. The Morgan fingerprint density at radius 1 is 1.19 bits per heavy atom. The fraction of sp³-hybridized carbons (Fsp3) is 0.250. The van der Waals surface area contributed by atoms with Gasteiger partial charge < -0.3 is 0 Å². The third kappa shape index (κ3) is 3.54. The monoisotopic (exact) mass is 212 g/mol. The first-order valence-corrected chi connectivity index (χ1v) is 5.73. The van der Waals surface area contributed by atoms with Gasteiger partial charge in [0.1, 0.15) is 0 Å². The molecule has 1 aromatic rings. The van der Waals surface area contributed by atoms with Gasteiger partial charge in [-0.25, -0.2) is 0 Å². The molecule has 0 radical (unpaired) electrons. The zero-order valence-electron chi connectivity index (χ0n) is 10.4. The zero-order valence-corrected chi connectivity index (χ0v) is 10.4. The molecular weight excluding hydrogens is 192 g/mol. The number of hydrogen-bond donors (Lipinski definition) is 0. The summed E-state index contributed by atoms with van der Waals surface area (Å²) in [4.78, 5) is 0. The highest BCUT2D eigenvalue weighted by Gasteiger charge is 2.00. The predicted molar refractivity (Wildman–Crippen MR) is 73.2 cm³/mol. The summed E-state index contributed by atoms with van der Waals surface area (Å²) in [6.45, 7) is 10.5. The number of benzene rings is 1. The second-order valence-corrected chi connectivity index (χ2v) is 4.20. The minimum Gasteiger partial charge on any atom is -0.0955 e. The van der Waals surface area contributed by atoms with Gasteiger partial charge in [0.2, 0.25) is 0 Å². The van der Waals surface area contributed by atoms with Crippen LogP contribution in [0.25, 0.3) is 5.57 Å². The SMILES string of the molecule is C=C(/C=C(\C=C/C)c1ccccc1)C(C)C. The van der Waals surface area contributed by atoms with Gasteiger partial charge in [0.25, 0.3) is 0 Å². The van der Waals surface area contributed by atoms with Crippen LogP contribution in [0, 0.1) is 5.92 Å². The van der Waals surface area contributed by atoms with Crippen LogP contribution in [-0.4, -0.2) is 0 Å². The minimum atomic E-state index is 0.490. The van der Waals surface area contributed by atoms with E-state index in [9.17, 15) is 0 Å². The first kappa shape index (κ1) is 12.5. The lowest BCUT2D eigenvalue weighted by Crippen LogP contribution is -1.90. The maximum Gasteiger partial charge on any atom is -0.0184 e. The molecule has 0 atom stereocenters. The standard InChI is InChI=1S/C16H20/c1-5-9-16(12-14(4)13(2)3)15-10-7-6-8-11-15/h5-13H,4H2,1-3H3/b9-5-,16-12+. The molecule has 1 aromatic carbocycles. The molecule has 16 heavy (non-hydrogen) atoms. The summed E-state index contributed by atoms with van der Waals surface area (Å²) < 4.78 is 0. The molecule has 0 aliphatic rings. The van der Waals surface area contributed by atoms with Crippen molar-refractivity contribution < 1.29 is 0 Å². The van der Waals surface area contributed by atoms with Gasteiger partial charge >= 0.3 is 0 Å². The summed E-state index contributed by atoms with van der Waals surface area (Å²) in [5.74, 6) is 0.490. The fourth-order valence-electron chi connectivity index (χ4n) is 1.40. The summed E-state index contributed by atoms with van der Waals surface area (Å²) in [6, 6.07) is 10.4. The molecule has 0 heterocycles. The van der Waals surface area contributed by atoms with E-state index in [4.69, 9.17) is 0 Å². The third-order valence-electron chi connectivity index (χ3n) is 2.54. The Labute approximate surface area is 99.0 Å². The summed E-state index contributed by atoms with van der Waals surface area (Å²) in [5, 5.41) is 0. The summed E-state index contributed by atoms with van der Waals surface area (Å²) in [7, 11) is 0. The smallest absolute Gasteiger partial charge is 0.0184 e. The summed E-state index contributed by atoms with van der Waals surface area (Å²) in [6.07, 6.45) is 6.36. The van der Waals surface area contributed by atoms with Crippen LogP contribution in [0.1, 0.15) is 26.3 Å². The van der Waals surface area contributed by atoms with E-state index in [0.717, 1.165) is 5.57 Å². The lowest BCUT2D eigenvalue weighted by atomic mass is 9.98. The highest BCUT2D eigenvalue weighted by atomic mass is 14.1. The van der Waals surface area contributed by atoms with Crippen molar-refractivity contribution in [2.75, 3.05) is 0 Å². The van der Waals surface area contributed by atoms with E-state index in [1.165, 1.54) is 11.1 Å². The molecule has 84 valence electrons. The molecule has 0 nitrogen and oxygen atoms in total. The van der Waals surface area contributed by atoms with Gasteiger partial charge in [-0.1, -0.05) is 74.6 Å². The van der Waals surface area contributed by atoms with Gasteiger partial charge in [0.05, 0.1) is 0 Å². The second kappa shape index (κ2) is 6.12. The quantitative estimate of drug-likeness (QED) is 0.625. The Morgan fingerprint density at radius 2 is 1.81 bits per heavy atom. The number of allylic oxidation sites excluding steroid dienone is 5. The average Bonchev–Trinajstić information content (AvgIpc) is 2.29. The van der Waals surface area contributed by atoms with Crippen LogP contribution in [0.2, 0.25) is 0 Å². The van der Waals surface area contributed by atoms with E-state index in [1.807, 2.05) is 13.0 Å². The molecule has 0 unspecified atom stereocenters. The van der Waals surface area contributed by atoms with Gasteiger partial charge in [0, 0.05) is 0 Å². The highest BCUT2D eigenvalue weighted by Crippen LogP contribution is 2.20. The molecule has 1 rings (SSSR count). The minimum absolute atomic E-state index is 0.490. The fourth-order valence-corrected chi connectivity index (χ4v) is 1.40. The maximum atomic E-state index is 4.09. The van der Waals surface area contributed by atoms with Crippen molar-refractivity contribution in [3.63, 3.8) is 0 Å². The van der Waals surface area contributed by atoms with Gasteiger partial charge in [-0.2, -0.15) is 0 Å². The van der Waals surface area contributed by atoms with Gasteiger partial charge in [-0.3, -0.25) is 0 Å². The van der Waals surface area contributed by atoms with E-state index >= 15 is 0 Å². The first-order valence-electron chi connectivity index (χ1n) is 5.73. The predicted octanol–water partition coefficient (Wildman–Crippen LogP) is 4.86. The van der Waals surface area contributed by atoms with Crippen molar-refractivity contribution in [3.05, 3.63) is 66.3 Å². The highest BCUT2D eigenvalue weighted by molar-refractivity contribution is 5.75. The maximum absolute atomic E-state index is 4.09. The van der Waals surface area contributed by atoms with Crippen molar-refractivity contribution in [2.45, 2.75) is 20.8 Å². The molecule has 0 saturated heterocycles. The summed E-state index contributed by atoms with van der Waals surface area (Å²) in [5.41, 5.74) is 3.63. The Bertz CT molecular complexity index is 391. The Hall–Kier alpha value is -1.56. The molecular formula is C16H20. The molecule has 0 aliphatic heterocycles. The van der Waals surface area contributed by atoms with E-state index in [1.54, 1.807) is 0 Å². The van der Waals surface area contributed by atoms with Gasteiger partial charge in [0.15, 0.2) is 0 Å². The average molecular weight is 212 g/mol. The third-order valence-corrected chi connectivity index (χ3v) is 2.54. The van der Waals surface area contributed by atoms with Crippen molar-refractivity contribution in [1.82, 2.24) is 0 Å². The topological polar surface area (TPSA) is 0 Å². The number of hydrogen-bond acceptors (Lipinski definition) is 0. The van der Waals surface area contributed by atoms with Crippen LogP contribution in [-0.2, 0) is 0 Å². The van der Waals surface area contributed by atoms with E-state index < -0.39 is 0 Å². The second-order valence-electron chi connectivity index (χ2n) is 4.20. The normalized spacial score (nSPS) is 12.4. The number of rotatable bonds is 4. The molecule has 0 bridgehead atoms. The molecule has 0 fully saturated rings. The first-order chi connectivity index (χ1) is 7.65. The van der Waals surface area contributed by atoms with Crippen molar-refractivity contribution >= 4 is 5.57 Å². The van der Waals surface area contributed by atoms with E-state index in [2.05, 4.69) is 62.9 Å². The van der Waals surface area contributed by atoms with E-state index in [0.29, 0.717) is 5.92 Å². The van der Waals surface area contributed by atoms with Gasteiger partial charge in [-0.05, 0) is 24.0 Å². The van der Waals surface area contributed by atoms with Crippen molar-refractivity contribution in [3.8, 4) is 0 Å². The zero-order chi connectivity index (χ0) is 12.0. The molecule has 0 aliphatic carbocycles. The lowest BCUT2D eigenvalue weighted by Gasteiger charge is -2.07. The summed E-state index contributed by atoms with van der Waals surface area (Å²) >= 11 is 0. The van der Waals surface area contributed by atoms with Crippen LogP contribution in [0.5, 0.6) is 0 Å². The van der Waals surface area contributed by atoms with Crippen LogP contribution < -0.4 is 0 Å². The van der Waals surface area contributed by atoms with Crippen LogP contribution >= 0.6 is 0 Å². The Morgan fingerprint density at radius 3 is 2.31 bits per heavy atom. The van der Waals surface area contributed by atoms with Crippen LogP contribution in [0.4, 0.5) is 0 Å². The van der Waals surface area contributed by atoms with Crippen LogP contribution in [0.3, 0.4) is 0 Å². The molecule has 0 saturated carbocycles. The molecule has 0 spiro atoms. The largest absolute Gasteiger partial charge is 0.0955 e. The Balaban J connectivity index is 3.06. The molecule has 0 amide bonds.